The van der Waals surface area contributed by atoms with Crippen LogP contribution >= 0.6 is 0 Å². The van der Waals surface area contributed by atoms with Crippen LogP contribution in [0.3, 0.4) is 0 Å². The second kappa shape index (κ2) is 7.30. The number of para-hydroxylation sites is 1. The number of anilines is 1. The van der Waals surface area contributed by atoms with Crippen molar-refractivity contribution in [3.63, 3.8) is 0 Å². The lowest BCUT2D eigenvalue weighted by molar-refractivity contribution is -0.116. The Morgan fingerprint density at radius 3 is 2.82 bits per heavy atom. The minimum absolute atomic E-state index is 0.111. The highest BCUT2D eigenvalue weighted by Gasteiger charge is 2.17. The summed E-state index contributed by atoms with van der Waals surface area (Å²) in [6, 6.07) is 11.8. The van der Waals surface area contributed by atoms with Crippen LogP contribution in [0.5, 0.6) is 0 Å². The molecule has 1 amide bonds. The summed E-state index contributed by atoms with van der Waals surface area (Å²) in [5, 5.41) is 20.1. The van der Waals surface area contributed by atoms with Gasteiger partial charge in [-0.05, 0) is 32.4 Å². The van der Waals surface area contributed by atoms with Gasteiger partial charge in [-0.3, -0.25) is 14.6 Å². The third kappa shape index (κ3) is 3.28. The van der Waals surface area contributed by atoms with E-state index in [1.807, 2.05) is 48.0 Å². The van der Waals surface area contributed by atoms with E-state index in [2.05, 4.69) is 39.6 Å². The van der Waals surface area contributed by atoms with Crippen LogP contribution in [0.2, 0.25) is 0 Å². The van der Waals surface area contributed by atoms with Gasteiger partial charge in [0.15, 0.2) is 0 Å². The van der Waals surface area contributed by atoms with E-state index in [0.717, 1.165) is 34.4 Å². The number of benzene rings is 1. The number of carbonyl (C=O) groups excluding carboxylic acids is 1. The molecule has 8 heteroatoms. The van der Waals surface area contributed by atoms with Crippen LogP contribution in [0.1, 0.15) is 32.0 Å². The van der Waals surface area contributed by atoms with Crippen LogP contribution in [-0.2, 0) is 11.3 Å². The highest BCUT2D eigenvalue weighted by Crippen LogP contribution is 2.26. The fourth-order valence-electron chi connectivity index (χ4n) is 3.27. The number of H-pyrrole nitrogens is 1. The average molecular weight is 377 g/mol. The van der Waals surface area contributed by atoms with Gasteiger partial charge >= 0.3 is 0 Å². The minimum atomic E-state index is -0.145. The molecule has 0 bridgehead atoms. The van der Waals surface area contributed by atoms with Crippen molar-refractivity contribution in [2.45, 2.75) is 39.8 Å². The van der Waals surface area contributed by atoms with Crippen molar-refractivity contribution in [1.29, 1.82) is 0 Å². The topological polar surface area (TPSA) is 93.4 Å². The molecular weight excluding hydrogens is 354 g/mol. The molecule has 4 aromatic rings. The third-order valence-corrected chi connectivity index (χ3v) is 4.84. The summed E-state index contributed by atoms with van der Waals surface area (Å²) < 4.78 is 3.59. The zero-order valence-electron chi connectivity index (χ0n) is 16.2. The Hall–Kier alpha value is -3.42. The molecule has 0 spiro atoms. The normalized spacial score (nSPS) is 12.4. The molecule has 8 nitrogen and oxygen atoms in total. The van der Waals surface area contributed by atoms with E-state index < -0.39 is 0 Å². The van der Waals surface area contributed by atoms with Gasteiger partial charge in [-0.25, -0.2) is 4.68 Å². The molecule has 3 heterocycles. The number of fused-ring (bicyclic) bond motifs is 1. The summed E-state index contributed by atoms with van der Waals surface area (Å²) in [5.41, 5.74) is 3.37. The van der Waals surface area contributed by atoms with Crippen LogP contribution in [-0.4, -0.2) is 35.7 Å². The molecule has 0 saturated carbocycles. The minimum Gasteiger partial charge on any atom is -0.309 e. The maximum absolute atomic E-state index is 12.8. The first kappa shape index (κ1) is 18.0. The molecule has 1 atom stereocenters. The first-order chi connectivity index (χ1) is 13.6. The molecule has 3 aromatic heterocycles. The van der Waals surface area contributed by atoms with Gasteiger partial charge in [-0.2, -0.15) is 15.3 Å². The van der Waals surface area contributed by atoms with Crippen LogP contribution in [0.4, 0.5) is 5.82 Å². The third-order valence-electron chi connectivity index (χ3n) is 4.84. The second-order valence-electron chi connectivity index (χ2n) is 6.91. The van der Waals surface area contributed by atoms with Crippen molar-refractivity contribution in [2.75, 3.05) is 5.32 Å². The van der Waals surface area contributed by atoms with Gasteiger partial charge in [0.1, 0.15) is 18.1 Å². The number of amides is 1. The Morgan fingerprint density at radius 2 is 2.07 bits per heavy atom. The smallest absolute Gasteiger partial charge is 0.247 e. The summed E-state index contributed by atoms with van der Waals surface area (Å²) in [6.45, 7) is 6.21. The Balaban J connectivity index is 1.62. The number of nitrogens with zero attached hydrogens (tertiary/aromatic N) is 5. The van der Waals surface area contributed by atoms with Crippen molar-refractivity contribution in [2.24, 2.45) is 0 Å². The molecule has 2 N–H and O–H groups in total. The predicted octanol–water partition coefficient (Wildman–Crippen LogP) is 3.54. The number of aryl methyl sites for hydroxylation is 1. The second-order valence-corrected chi connectivity index (χ2v) is 6.91. The molecule has 28 heavy (non-hydrogen) atoms. The fourth-order valence-corrected chi connectivity index (χ4v) is 3.27. The van der Waals surface area contributed by atoms with E-state index in [1.54, 1.807) is 10.9 Å². The molecule has 0 radical (unpaired) electrons. The molecule has 0 aliphatic heterocycles. The number of nitrogens with one attached hydrogen (secondary N) is 2. The molecule has 4 rings (SSSR count). The van der Waals surface area contributed by atoms with Gasteiger partial charge in [0, 0.05) is 17.6 Å². The summed E-state index contributed by atoms with van der Waals surface area (Å²) in [5.74, 6) is 0.566. The molecule has 144 valence electrons. The SMILES string of the molecule is CCC(C)n1nc(C)cc1NC(=O)Cn1nc(-c2ccn[nH]2)c2ccccc21. The van der Waals surface area contributed by atoms with E-state index in [9.17, 15) is 4.79 Å². The lowest BCUT2D eigenvalue weighted by atomic mass is 10.2. The number of carbonyl (C=O) groups is 1. The van der Waals surface area contributed by atoms with Crippen LogP contribution in [0.15, 0.2) is 42.6 Å². The Bertz CT molecular complexity index is 1110. The first-order valence-corrected chi connectivity index (χ1v) is 9.38. The monoisotopic (exact) mass is 377 g/mol. The highest BCUT2D eigenvalue weighted by atomic mass is 16.2. The molecule has 0 fully saturated rings. The quantitative estimate of drug-likeness (QED) is 0.537. The standard InChI is InChI=1S/C20H23N7O/c1-4-14(3)27-18(11-13(2)24-27)22-19(28)12-26-17-8-6-5-7-15(17)20(25-26)16-9-10-21-23-16/h5-11,14H,4,12H2,1-3H3,(H,21,23)(H,22,28). The largest absolute Gasteiger partial charge is 0.309 e. The van der Waals surface area contributed by atoms with Gasteiger partial charge in [-0.15, -0.1) is 0 Å². The number of aromatic amines is 1. The lowest BCUT2D eigenvalue weighted by Gasteiger charge is -2.14. The lowest BCUT2D eigenvalue weighted by Crippen LogP contribution is -2.22. The van der Waals surface area contributed by atoms with Crippen LogP contribution in [0.25, 0.3) is 22.3 Å². The van der Waals surface area contributed by atoms with Crippen molar-refractivity contribution in [3.8, 4) is 11.4 Å². The first-order valence-electron chi connectivity index (χ1n) is 9.38. The zero-order valence-corrected chi connectivity index (χ0v) is 16.2. The number of hydrogen-bond acceptors (Lipinski definition) is 4. The number of hydrogen-bond donors (Lipinski definition) is 2. The van der Waals surface area contributed by atoms with E-state index in [0.29, 0.717) is 5.82 Å². The van der Waals surface area contributed by atoms with Crippen LogP contribution < -0.4 is 5.32 Å². The summed E-state index contributed by atoms with van der Waals surface area (Å²) in [6.07, 6.45) is 2.62. The Morgan fingerprint density at radius 1 is 1.25 bits per heavy atom. The Labute approximate surface area is 162 Å². The molecule has 1 aromatic carbocycles. The summed E-state index contributed by atoms with van der Waals surface area (Å²) in [7, 11) is 0. The van der Waals surface area contributed by atoms with E-state index >= 15 is 0 Å². The van der Waals surface area contributed by atoms with Crippen LogP contribution in [0, 0.1) is 6.92 Å². The van der Waals surface area contributed by atoms with Gasteiger partial charge in [0.25, 0.3) is 0 Å². The van der Waals surface area contributed by atoms with Gasteiger partial charge in [0.05, 0.1) is 22.9 Å². The maximum Gasteiger partial charge on any atom is 0.247 e. The molecule has 1 unspecified atom stereocenters. The number of rotatable bonds is 6. The molecule has 0 aliphatic rings. The molecular formula is C20H23N7O. The van der Waals surface area contributed by atoms with E-state index in [-0.39, 0.29) is 18.5 Å². The maximum atomic E-state index is 12.8. The molecule has 0 aliphatic carbocycles. The van der Waals surface area contributed by atoms with E-state index in [4.69, 9.17) is 0 Å². The van der Waals surface area contributed by atoms with E-state index in [1.165, 1.54) is 0 Å². The summed E-state index contributed by atoms with van der Waals surface area (Å²) in [4.78, 5) is 12.8. The van der Waals surface area contributed by atoms with Gasteiger partial charge < -0.3 is 5.32 Å². The molecule has 0 saturated heterocycles. The van der Waals surface area contributed by atoms with Crippen molar-refractivity contribution < 1.29 is 4.79 Å². The van der Waals surface area contributed by atoms with Crippen molar-refractivity contribution >= 4 is 22.6 Å². The summed E-state index contributed by atoms with van der Waals surface area (Å²) >= 11 is 0. The predicted molar refractivity (Wildman–Crippen MR) is 108 cm³/mol. The van der Waals surface area contributed by atoms with Gasteiger partial charge in [-0.1, -0.05) is 25.1 Å². The van der Waals surface area contributed by atoms with Crippen molar-refractivity contribution in [3.05, 3.63) is 48.3 Å². The van der Waals surface area contributed by atoms with Gasteiger partial charge in [0.2, 0.25) is 5.91 Å². The fraction of sp³-hybridized carbons (Fsp3) is 0.300. The average Bonchev–Trinajstić information content (AvgIpc) is 3.41. The highest BCUT2D eigenvalue weighted by molar-refractivity contribution is 5.95. The zero-order chi connectivity index (χ0) is 19.7. The number of aromatic nitrogens is 6. The van der Waals surface area contributed by atoms with Crippen molar-refractivity contribution in [1.82, 2.24) is 29.8 Å². The Kier molecular flexibility index (Phi) is 4.68.